The van der Waals surface area contributed by atoms with E-state index in [1.807, 2.05) is 14.0 Å². The fraction of sp³-hybridized carbons (Fsp3) is 0.562. The van der Waals surface area contributed by atoms with Gasteiger partial charge in [-0.2, -0.15) is 5.26 Å². The Kier molecular flexibility index (Phi) is 7.06. The van der Waals surface area contributed by atoms with Crippen LogP contribution in [0.1, 0.15) is 25.8 Å². The van der Waals surface area contributed by atoms with Gasteiger partial charge < -0.3 is 15.3 Å². The minimum Gasteiger partial charge on any atom is -0.396 e. The fourth-order valence-electron chi connectivity index (χ4n) is 1.85. The van der Waals surface area contributed by atoms with Crippen LogP contribution in [0.3, 0.4) is 0 Å². The maximum Gasteiger partial charge on any atom is 0.0640 e. The van der Waals surface area contributed by atoms with Gasteiger partial charge in [-0.1, -0.05) is 19.1 Å². The molecular formula is C16H25N3O. The van der Waals surface area contributed by atoms with Crippen LogP contribution in [0.15, 0.2) is 24.3 Å². The third kappa shape index (κ3) is 5.20. The van der Waals surface area contributed by atoms with Crippen LogP contribution in [0.5, 0.6) is 0 Å². The van der Waals surface area contributed by atoms with Crippen molar-refractivity contribution in [1.29, 1.82) is 5.26 Å². The summed E-state index contributed by atoms with van der Waals surface area (Å²) in [5, 5.41) is 21.1. The van der Waals surface area contributed by atoms with E-state index in [0.29, 0.717) is 6.42 Å². The van der Waals surface area contributed by atoms with E-state index in [0.717, 1.165) is 18.8 Å². The van der Waals surface area contributed by atoms with Crippen molar-refractivity contribution in [2.75, 3.05) is 25.1 Å². The third-order valence-electron chi connectivity index (χ3n) is 3.71. The summed E-state index contributed by atoms with van der Waals surface area (Å²) in [5.41, 5.74) is 2.35. The summed E-state index contributed by atoms with van der Waals surface area (Å²) in [6.45, 7) is 5.87. The zero-order valence-electron chi connectivity index (χ0n) is 12.6. The minimum atomic E-state index is 0.205. The van der Waals surface area contributed by atoms with Crippen molar-refractivity contribution in [2.45, 2.75) is 32.9 Å². The first kappa shape index (κ1) is 16.5. The zero-order chi connectivity index (χ0) is 15.0. The van der Waals surface area contributed by atoms with Crippen molar-refractivity contribution < 1.29 is 5.11 Å². The molecule has 2 atom stereocenters. The van der Waals surface area contributed by atoms with E-state index in [1.54, 1.807) is 0 Å². The van der Waals surface area contributed by atoms with Gasteiger partial charge in [0.25, 0.3) is 0 Å². The quantitative estimate of drug-likeness (QED) is 0.763. The van der Waals surface area contributed by atoms with Crippen LogP contribution in [0.4, 0.5) is 5.69 Å². The molecule has 110 valence electrons. The number of nitrogens with zero attached hydrogens (tertiary/aromatic N) is 2. The highest BCUT2D eigenvalue weighted by atomic mass is 16.3. The van der Waals surface area contributed by atoms with Crippen LogP contribution in [0.2, 0.25) is 0 Å². The summed E-state index contributed by atoms with van der Waals surface area (Å²) in [6.07, 6.45) is 0.538. The van der Waals surface area contributed by atoms with Gasteiger partial charge in [0, 0.05) is 38.5 Å². The molecule has 0 spiro atoms. The van der Waals surface area contributed by atoms with Gasteiger partial charge in [-0.15, -0.1) is 0 Å². The van der Waals surface area contributed by atoms with Gasteiger partial charge in [-0.25, -0.2) is 0 Å². The third-order valence-corrected chi connectivity index (χ3v) is 3.71. The van der Waals surface area contributed by atoms with Gasteiger partial charge >= 0.3 is 0 Å². The predicted octanol–water partition coefficient (Wildman–Crippen LogP) is 2.14. The number of aliphatic hydroxyl groups is 1. The molecule has 2 N–H and O–H groups in total. The average molecular weight is 275 g/mol. The maximum absolute atomic E-state index is 9.10. The molecule has 0 aliphatic heterocycles. The van der Waals surface area contributed by atoms with Gasteiger partial charge in [0.1, 0.15) is 0 Å². The molecule has 0 saturated heterocycles. The van der Waals surface area contributed by atoms with Gasteiger partial charge in [0.05, 0.1) is 12.5 Å². The Morgan fingerprint density at radius 1 is 1.30 bits per heavy atom. The molecule has 0 heterocycles. The van der Waals surface area contributed by atoms with Gasteiger partial charge in [-0.05, 0) is 30.5 Å². The van der Waals surface area contributed by atoms with Gasteiger partial charge in [0.15, 0.2) is 0 Å². The van der Waals surface area contributed by atoms with Crippen LogP contribution >= 0.6 is 0 Å². The molecule has 0 saturated carbocycles. The van der Waals surface area contributed by atoms with E-state index in [2.05, 4.69) is 47.5 Å². The largest absolute Gasteiger partial charge is 0.396 e. The Bertz CT molecular complexity index is 424. The van der Waals surface area contributed by atoms with Crippen molar-refractivity contribution in [2.24, 2.45) is 5.92 Å². The zero-order valence-corrected chi connectivity index (χ0v) is 12.6. The van der Waals surface area contributed by atoms with E-state index in [-0.39, 0.29) is 18.6 Å². The van der Waals surface area contributed by atoms with E-state index in [1.165, 1.54) is 5.56 Å². The molecule has 20 heavy (non-hydrogen) atoms. The summed E-state index contributed by atoms with van der Waals surface area (Å²) in [4.78, 5) is 2.08. The molecular weight excluding hydrogens is 250 g/mol. The van der Waals surface area contributed by atoms with Gasteiger partial charge in [-0.3, -0.25) is 0 Å². The maximum atomic E-state index is 9.10. The second kappa shape index (κ2) is 8.57. The molecule has 1 aromatic rings. The highest BCUT2D eigenvalue weighted by molar-refractivity contribution is 5.46. The number of nitrogens with one attached hydrogen (secondary N) is 1. The van der Waals surface area contributed by atoms with Crippen LogP contribution < -0.4 is 10.2 Å². The molecule has 4 nitrogen and oxygen atoms in total. The lowest BCUT2D eigenvalue weighted by Crippen LogP contribution is -2.33. The normalized spacial score (nSPS) is 13.6. The number of nitriles is 1. The van der Waals surface area contributed by atoms with E-state index < -0.39 is 0 Å². The lowest BCUT2D eigenvalue weighted by atomic mass is 10.0. The SMILES string of the molecule is CC(CO)C(C)NCc1ccc(N(C)CCC#N)cc1. The highest BCUT2D eigenvalue weighted by Gasteiger charge is 2.10. The summed E-state index contributed by atoms with van der Waals surface area (Å²) in [7, 11) is 2.00. The Morgan fingerprint density at radius 3 is 2.50 bits per heavy atom. The monoisotopic (exact) mass is 275 g/mol. The van der Waals surface area contributed by atoms with Crippen LogP contribution in [0.25, 0.3) is 0 Å². The first-order valence-electron chi connectivity index (χ1n) is 7.09. The number of benzene rings is 1. The lowest BCUT2D eigenvalue weighted by Gasteiger charge is -2.20. The molecule has 0 aromatic heterocycles. The second-order valence-electron chi connectivity index (χ2n) is 5.33. The molecule has 0 amide bonds. The summed E-state index contributed by atoms with van der Waals surface area (Å²) >= 11 is 0. The second-order valence-corrected chi connectivity index (χ2v) is 5.33. The van der Waals surface area contributed by atoms with Crippen molar-refractivity contribution in [3.8, 4) is 6.07 Å². The number of aliphatic hydroxyl groups excluding tert-OH is 1. The predicted molar refractivity (Wildman–Crippen MR) is 82.5 cm³/mol. The van der Waals surface area contributed by atoms with Crippen molar-refractivity contribution in [3.05, 3.63) is 29.8 Å². The van der Waals surface area contributed by atoms with E-state index in [4.69, 9.17) is 10.4 Å². The number of hydrogen-bond acceptors (Lipinski definition) is 4. The Hall–Kier alpha value is -1.57. The Morgan fingerprint density at radius 2 is 1.95 bits per heavy atom. The number of rotatable bonds is 8. The summed E-state index contributed by atoms with van der Waals surface area (Å²) in [6, 6.07) is 10.8. The van der Waals surface area contributed by atoms with Crippen LogP contribution in [-0.4, -0.2) is 31.3 Å². The molecule has 1 rings (SSSR count). The highest BCUT2D eigenvalue weighted by Crippen LogP contribution is 2.14. The van der Waals surface area contributed by atoms with E-state index >= 15 is 0 Å². The van der Waals surface area contributed by atoms with Crippen molar-refractivity contribution in [3.63, 3.8) is 0 Å². The Labute approximate surface area is 122 Å². The van der Waals surface area contributed by atoms with Crippen molar-refractivity contribution >= 4 is 5.69 Å². The molecule has 0 fully saturated rings. The molecule has 4 heteroatoms. The fourth-order valence-corrected chi connectivity index (χ4v) is 1.85. The molecule has 0 radical (unpaired) electrons. The standard InChI is InChI=1S/C16H25N3O/c1-13(12-20)14(2)18-11-15-5-7-16(8-6-15)19(3)10-4-9-17/h5-8,13-14,18,20H,4,10-12H2,1-3H3. The number of anilines is 1. The Balaban J connectivity index is 2.48. The summed E-state index contributed by atoms with van der Waals surface area (Å²) in [5.74, 6) is 0.256. The minimum absolute atomic E-state index is 0.205. The van der Waals surface area contributed by atoms with Gasteiger partial charge in [0.2, 0.25) is 0 Å². The molecule has 2 unspecified atom stereocenters. The molecule has 0 bridgehead atoms. The molecule has 1 aromatic carbocycles. The van der Waals surface area contributed by atoms with Crippen LogP contribution in [-0.2, 0) is 6.54 Å². The lowest BCUT2D eigenvalue weighted by molar-refractivity contribution is 0.207. The van der Waals surface area contributed by atoms with Crippen molar-refractivity contribution in [1.82, 2.24) is 5.32 Å². The average Bonchev–Trinajstić information content (AvgIpc) is 2.49. The number of hydrogen-bond donors (Lipinski definition) is 2. The summed E-state index contributed by atoms with van der Waals surface area (Å²) < 4.78 is 0. The van der Waals surface area contributed by atoms with E-state index in [9.17, 15) is 0 Å². The van der Waals surface area contributed by atoms with Crippen LogP contribution in [0, 0.1) is 17.2 Å². The molecule has 0 aliphatic rings. The smallest absolute Gasteiger partial charge is 0.0640 e. The molecule has 0 aliphatic carbocycles. The topological polar surface area (TPSA) is 59.3 Å². The first-order valence-corrected chi connectivity index (χ1v) is 7.09. The first-order chi connectivity index (χ1) is 9.58.